The van der Waals surface area contributed by atoms with Gasteiger partial charge in [0.2, 0.25) is 0 Å². The van der Waals surface area contributed by atoms with Crippen molar-refractivity contribution in [1.29, 1.82) is 0 Å². The third kappa shape index (κ3) is 3.61. The lowest BCUT2D eigenvalue weighted by Gasteiger charge is -2.21. The number of halogens is 3. The maximum absolute atomic E-state index is 12.7. The van der Waals surface area contributed by atoms with Gasteiger partial charge in [0.05, 0.1) is 0 Å². The Labute approximate surface area is 150 Å². The summed E-state index contributed by atoms with van der Waals surface area (Å²) >= 11 is 0. The first-order valence-electron chi connectivity index (χ1n) is 7.73. The average molecular weight is 381 g/mol. The molecule has 1 aliphatic heterocycles. The smallest absolute Gasteiger partial charge is 0.318 e. The van der Waals surface area contributed by atoms with E-state index in [4.69, 9.17) is 0 Å². The van der Waals surface area contributed by atoms with Gasteiger partial charge in [-0.3, -0.25) is 19.7 Å². The number of carbonyl (C=O) groups is 3. The average Bonchev–Trinajstić information content (AvgIpc) is 3.13. The largest absolute Gasteiger partial charge is 0.408 e. The van der Waals surface area contributed by atoms with Crippen molar-refractivity contribution in [3.63, 3.8) is 0 Å². The molecular formula is C16H14F3N5O3. The van der Waals surface area contributed by atoms with Crippen LogP contribution in [0, 0.1) is 0 Å². The Bertz CT molecular complexity index is 896. The second kappa shape index (κ2) is 6.41. The molecule has 4 amide bonds. The highest BCUT2D eigenvalue weighted by molar-refractivity contribution is 6.09. The summed E-state index contributed by atoms with van der Waals surface area (Å²) in [6.07, 6.45) is -3.52. The third-order valence-electron chi connectivity index (χ3n) is 3.97. The van der Waals surface area contributed by atoms with Gasteiger partial charge in [0.1, 0.15) is 12.1 Å². The van der Waals surface area contributed by atoms with Gasteiger partial charge in [-0.1, -0.05) is 30.3 Å². The molecule has 11 heteroatoms. The lowest BCUT2D eigenvalue weighted by atomic mass is 9.92. The molecule has 0 aliphatic carbocycles. The number of benzene rings is 1. The SMILES string of the molecule is CC1(c2ccccc2)NC(=O)N(NC(=O)c2ccn(CC(F)(F)F)n2)C1=O. The Morgan fingerprint density at radius 2 is 1.89 bits per heavy atom. The Kier molecular flexibility index (Phi) is 4.38. The van der Waals surface area contributed by atoms with E-state index in [0.29, 0.717) is 15.3 Å². The van der Waals surface area contributed by atoms with Crippen molar-refractivity contribution in [2.24, 2.45) is 0 Å². The van der Waals surface area contributed by atoms with Gasteiger partial charge in [0.25, 0.3) is 11.8 Å². The van der Waals surface area contributed by atoms with Crippen LogP contribution in [0.2, 0.25) is 0 Å². The number of aromatic nitrogens is 2. The Morgan fingerprint density at radius 3 is 2.52 bits per heavy atom. The molecule has 0 bridgehead atoms. The minimum Gasteiger partial charge on any atom is -0.318 e. The zero-order valence-corrected chi connectivity index (χ0v) is 13.9. The fourth-order valence-corrected chi connectivity index (χ4v) is 2.62. The monoisotopic (exact) mass is 381 g/mol. The van der Waals surface area contributed by atoms with Gasteiger partial charge in [-0.25, -0.2) is 4.79 Å². The highest BCUT2D eigenvalue weighted by Gasteiger charge is 2.50. The summed E-state index contributed by atoms with van der Waals surface area (Å²) in [5, 5.41) is 6.47. The van der Waals surface area contributed by atoms with Crippen LogP contribution in [0.4, 0.5) is 18.0 Å². The van der Waals surface area contributed by atoms with E-state index in [-0.39, 0.29) is 5.69 Å². The fourth-order valence-electron chi connectivity index (χ4n) is 2.62. The molecule has 0 radical (unpaired) electrons. The lowest BCUT2D eigenvalue weighted by molar-refractivity contribution is -0.142. The van der Waals surface area contributed by atoms with E-state index in [1.54, 1.807) is 30.3 Å². The van der Waals surface area contributed by atoms with Crippen molar-refractivity contribution in [3.05, 3.63) is 53.9 Å². The molecule has 1 unspecified atom stereocenters. The number of nitrogens with one attached hydrogen (secondary N) is 2. The van der Waals surface area contributed by atoms with Gasteiger partial charge >= 0.3 is 12.2 Å². The molecule has 8 nitrogen and oxygen atoms in total. The van der Waals surface area contributed by atoms with E-state index in [2.05, 4.69) is 15.8 Å². The maximum Gasteiger partial charge on any atom is 0.408 e. The quantitative estimate of drug-likeness (QED) is 0.786. The van der Waals surface area contributed by atoms with E-state index >= 15 is 0 Å². The van der Waals surface area contributed by atoms with E-state index in [1.807, 2.05) is 0 Å². The van der Waals surface area contributed by atoms with E-state index in [9.17, 15) is 27.6 Å². The van der Waals surface area contributed by atoms with Crippen molar-refractivity contribution in [2.45, 2.75) is 25.2 Å². The number of hydrazine groups is 1. The van der Waals surface area contributed by atoms with E-state index in [1.165, 1.54) is 6.92 Å². The molecule has 27 heavy (non-hydrogen) atoms. The zero-order valence-electron chi connectivity index (χ0n) is 13.9. The molecule has 2 aromatic rings. The molecule has 3 rings (SSSR count). The summed E-state index contributed by atoms with van der Waals surface area (Å²) in [5.74, 6) is -1.72. The van der Waals surface area contributed by atoms with Crippen molar-refractivity contribution < 1.29 is 27.6 Å². The number of hydrogen-bond acceptors (Lipinski definition) is 4. The van der Waals surface area contributed by atoms with Crippen LogP contribution in [0.5, 0.6) is 0 Å². The van der Waals surface area contributed by atoms with Crippen LogP contribution in [0.1, 0.15) is 23.0 Å². The van der Waals surface area contributed by atoms with Crippen LogP contribution < -0.4 is 10.7 Å². The number of carbonyl (C=O) groups excluding carboxylic acids is 3. The van der Waals surface area contributed by atoms with E-state index < -0.39 is 36.1 Å². The van der Waals surface area contributed by atoms with E-state index in [0.717, 1.165) is 12.3 Å². The van der Waals surface area contributed by atoms with Gasteiger partial charge in [0.15, 0.2) is 5.69 Å². The van der Waals surface area contributed by atoms with Gasteiger partial charge in [-0.05, 0) is 18.6 Å². The van der Waals surface area contributed by atoms with Crippen LogP contribution in [0.3, 0.4) is 0 Å². The van der Waals surface area contributed by atoms with Gasteiger partial charge in [-0.2, -0.15) is 23.3 Å². The number of urea groups is 1. The molecule has 142 valence electrons. The van der Waals surface area contributed by atoms with Crippen molar-refractivity contribution in [2.75, 3.05) is 0 Å². The summed E-state index contributed by atoms with van der Waals surface area (Å²) in [6, 6.07) is 8.59. The third-order valence-corrected chi connectivity index (χ3v) is 3.97. The second-order valence-corrected chi connectivity index (χ2v) is 6.02. The van der Waals surface area contributed by atoms with Crippen LogP contribution in [-0.2, 0) is 16.9 Å². The number of alkyl halides is 3. The van der Waals surface area contributed by atoms with Gasteiger partial charge < -0.3 is 5.32 Å². The first kappa shape index (κ1) is 18.4. The Morgan fingerprint density at radius 1 is 1.22 bits per heavy atom. The highest BCUT2D eigenvalue weighted by atomic mass is 19.4. The number of nitrogens with zero attached hydrogens (tertiary/aromatic N) is 3. The first-order valence-corrected chi connectivity index (χ1v) is 7.73. The highest BCUT2D eigenvalue weighted by Crippen LogP contribution is 2.27. The molecule has 1 aromatic heterocycles. The van der Waals surface area contributed by atoms with Crippen molar-refractivity contribution in [1.82, 2.24) is 25.5 Å². The van der Waals surface area contributed by atoms with Gasteiger partial charge in [-0.15, -0.1) is 0 Å². The van der Waals surface area contributed by atoms with Crippen LogP contribution in [0.15, 0.2) is 42.6 Å². The molecule has 1 saturated heterocycles. The van der Waals surface area contributed by atoms with Crippen molar-refractivity contribution in [3.8, 4) is 0 Å². The molecule has 0 saturated carbocycles. The van der Waals surface area contributed by atoms with Crippen LogP contribution in [0.25, 0.3) is 0 Å². The topological polar surface area (TPSA) is 96.3 Å². The maximum atomic E-state index is 12.7. The molecular weight excluding hydrogens is 367 g/mol. The van der Waals surface area contributed by atoms with Crippen LogP contribution >= 0.6 is 0 Å². The first-order chi connectivity index (χ1) is 12.6. The molecule has 2 N–H and O–H groups in total. The molecule has 1 fully saturated rings. The molecule has 1 aliphatic rings. The lowest BCUT2D eigenvalue weighted by Crippen LogP contribution is -2.48. The summed E-state index contributed by atoms with van der Waals surface area (Å²) in [6.45, 7) is 0.113. The standard InChI is InChI=1S/C16H14F3N5O3/c1-15(10-5-3-2-4-6-10)13(26)24(14(27)20-15)22-12(25)11-7-8-23(21-11)9-16(17,18)19/h2-8H,9H2,1H3,(H,20,27)(H,22,25). The number of amides is 4. The summed E-state index contributed by atoms with van der Waals surface area (Å²) < 4.78 is 37.6. The number of rotatable bonds is 4. The Balaban J connectivity index is 1.75. The second-order valence-electron chi connectivity index (χ2n) is 6.02. The minimum absolute atomic E-state index is 0.367. The van der Waals surface area contributed by atoms with Crippen LogP contribution in [-0.4, -0.2) is 38.8 Å². The normalized spacial score (nSPS) is 19.9. The molecule has 2 heterocycles. The molecule has 1 atom stereocenters. The fraction of sp³-hybridized carbons (Fsp3) is 0.250. The molecule has 0 spiro atoms. The Hall–Kier alpha value is -3.37. The minimum atomic E-state index is -4.50. The number of hydrogen-bond donors (Lipinski definition) is 2. The van der Waals surface area contributed by atoms with Crippen molar-refractivity contribution >= 4 is 17.8 Å². The number of imide groups is 1. The summed E-state index contributed by atoms with van der Waals surface area (Å²) in [5.41, 5.74) is 0.825. The summed E-state index contributed by atoms with van der Waals surface area (Å²) in [7, 11) is 0. The predicted octanol–water partition coefficient (Wildman–Crippen LogP) is 1.56. The molecule has 1 aromatic carbocycles. The van der Waals surface area contributed by atoms with Gasteiger partial charge in [0, 0.05) is 6.20 Å². The predicted molar refractivity (Wildman–Crippen MR) is 84.9 cm³/mol. The summed E-state index contributed by atoms with van der Waals surface area (Å²) in [4.78, 5) is 37.0. The zero-order chi connectivity index (χ0) is 19.8.